The summed E-state index contributed by atoms with van der Waals surface area (Å²) in [6.45, 7) is 0.287. The maximum absolute atomic E-state index is 12.8. The maximum atomic E-state index is 12.8. The van der Waals surface area contributed by atoms with E-state index in [2.05, 4.69) is 10.3 Å². The van der Waals surface area contributed by atoms with Crippen LogP contribution in [-0.2, 0) is 6.54 Å². The van der Waals surface area contributed by atoms with E-state index in [0.29, 0.717) is 5.65 Å². The molecular weight excluding hydrogens is 293 g/mol. The lowest BCUT2D eigenvalue weighted by Crippen LogP contribution is -2.24. The molecule has 21 heavy (non-hydrogen) atoms. The fourth-order valence-electron chi connectivity index (χ4n) is 2.04. The van der Waals surface area contributed by atoms with Gasteiger partial charge in [-0.25, -0.2) is 9.37 Å². The Balaban J connectivity index is 1.81. The van der Waals surface area contributed by atoms with Gasteiger partial charge in [0, 0.05) is 12.7 Å². The molecule has 3 aromatic rings. The van der Waals surface area contributed by atoms with E-state index in [-0.39, 0.29) is 29.1 Å². The van der Waals surface area contributed by atoms with E-state index in [1.165, 1.54) is 12.1 Å². The molecule has 0 fully saturated rings. The predicted octanol–water partition coefficient (Wildman–Crippen LogP) is 3.06. The number of nitrogens with zero attached hydrogens (tertiary/aromatic N) is 2. The fraction of sp³-hybridized carbons (Fsp3) is 0.0667. The number of imidazole rings is 1. The predicted molar refractivity (Wildman–Crippen MR) is 77.8 cm³/mol. The van der Waals surface area contributed by atoms with Crippen molar-refractivity contribution in [1.29, 1.82) is 0 Å². The normalized spacial score (nSPS) is 10.8. The first-order valence-electron chi connectivity index (χ1n) is 6.30. The van der Waals surface area contributed by atoms with Crippen molar-refractivity contribution in [3.8, 4) is 0 Å². The van der Waals surface area contributed by atoms with Gasteiger partial charge in [0.15, 0.2) is 10.8 Å². The molecule has 0 bridgehead atoms. The Labute approximate surface area is 125 Å². The summed E-state index contributed by atoms with van der Waals surface area (Å²) in [4.78, 5) is 16.4. The van der Waals surface area contributed by atoms with Crippen LogP contribution in [0.3, 0.4) is 0 Å². The maximum Gasteiger partial charge on any atom is 0.271 e. The Morgan fingerprint density at radius 2 is 2.00 bits per heavy atom. The van der Waals surface area contributed by atoms with Gasteiger partial charge in [0.05, 0.1) is 0 Å². The average molecular weight is 304 g/mol. The second-order valence-electron chi connectivity index (χ2n) is 4.49. The van der Waals surface area contributed by atoms with Gasteiger partial charge in [0.2, 0.25) is 0 Å². The van der Waals surface area contributed by atoms with Crippen molar-refractivity contribution in [2.45, 2.75) is 6.54 Å². The Bertz CT molecular complexity index is 798. The molecule has 2 heterocycles. The zero-order valence-corrected chi connectivity index (χ0v) is 11.6. The topological polar surface area (TPSA) is 46.4 Å². The molecule has 1 N–H and O–H groups in total. The summed E-state index contributed by atoms with van der Waals surface area (Å²) in [6, 6.07) is 11.3. The largest absolute Gasteiger partial charge is 0.347 e. The third kappa shape index (κ3) is 2.73. The van der Waals surface area contributed by atoms with Crippen LogP contribution in [0.25, 0.3) is 5.65 Å². The lowest BCUT2D eigenvalue weighted by atomic mass is 10.2. The quantitative estimate of drug-likeness (QED) is 0.808. The number of pyridine rings is 1. The lowest BCUT2D eigenvalue weighted by molar-refractivity contribution is 0.0945. The van der Waals surface area contributed by atoms with E-state index in [9.17, 15) is 9.18 Å². The van der Waals surface area contributed by atoms with Crippen molar-refractivity contribution in [2.75, 3.05) is 0 Å². The highest BCUT2D eigenvalue weighted by atomic mass is 35.5. The van der Waals surface area contributed by atoms with Gasteiger partial charge >= 0.3 is 0 Å². The summed E-state index contributed by atoms with van der Waals surface area (Å²) in [5.74, 6) is -0.641. The Morgan fingerprint density at radius 3 is 2.76 bits per heavy atom. The van der Waals surface area contributed by atoms with Crippen LogP contribution < -0.4 is 5.32 Å². The van der Waals surface area contributed by atoms with Gasteiger partial charge in [0.1, 0.15) is 11.5 Å². The Kier molecular flexibility index (Phi) is 3.58. The van der Waals surface area contributed by atoms with Gasteiger partial charge in [0.25, 0.3) is 5.91 Å². The van der Waals surface area contributed by atoms with E-state index in [0.717, 1.165) is 5.56 Å². The SMILES string of the molecule is O=C(NCc1ccc(F)cc1)c1c(Cl)nc2ccccn12. The number of benzene rings is 1. The summed E-state index contributed by atoms with van der Waals surface area (Å²) in [5.41, 5.74) is 1.69. The van der Waals surface area contributed by atoms with Crippen molar-refractivity contribution in [1.82, 2.24) is 14.7 Å². The van der Waals surface area contributed by atoms with Crippen LogP contribution in [0, 0.1) is 5.82 Å². The molecule has 106 valence electrons. The van der Waals surface area contributed by atoms with E-state index in [1.807, 2.05) is 6.07 Å². The minimum Gasteiger partial charge on any atom is -0.347 e. The molecule has 1 amide bonds. The first-order valence-corrected chi connectivity index (χ1v) is 6.68. The van der Waals surface area contributed by atoms with Crippen LogP contribution in [0.15, 0.2) is 48.7 Å². The van der Waals surface area contributed by atoms with E-state index in [1.54, 1.807) is 34.9 Å². The van der Waals surface area contributed by atoms with E-state index in [4.69, 9.17) is 11.6 Å². The van der Waals surface area contributed by atoms with Crippen molar-refractivity contribution >= 4 is 23.2 Å². The van der Waals surface area contributed by atoms with Crippen LogP contribution in [0.5, 0.6) is 0 Å². The number of hydrogen-bond acceptors (Lipinski definition) is 2. The number of hydrogen-bond donors (Lipinski definition) is 1. The molecular formula is C15H11ClFN3O. The number of amides is 1. The van der Waals surface area contributed by atoms with Crippen LogP contribution in [0.1, 0.15) is 16.1 Å². The summed E-state index contributed by atoms with van der Waals surface area (Å²) in [6.07, 6.45) is 1.72. The number of halogens is 2. The number of carbonyl (C=O) groups excluding carboxylic acids is 1. The Hall–Kier alpha value is -2.40. The van der Waals surface area contributed by atoms with Crippen LogP contribution in [-0.4, -0.2) is 15.3 Å². The molecule has 0 unspecified atom stereocenters. The summed E-state index contributed by atoms with van der Waals surface area (Å²) < 4.78 is 14.4. The minimum absolute atomic E-state index is 0.151. The molecule has 1 aromatic carbocycles. The molecule has 0 aliphatic rings. The van der Waals surface area contributed by atoms with Crippen molar-refractivity contribution in [2.24, 2.45) is 0 Å². The van der Waals surface area contributed by atoms with Gasteiger partial charge in [-0.15, -0.1) is 0 Å². The average Bonchev–Trinajstić information content (AvgIpc) is 2.82. The highest BCUT2D eigenvalue weighted by Gasteiger charge is 2.17. The Morgan fingerprint density at radius 1 is 1.24 bits per heavy atom. The van der Waals surface area contributed by atoms with Gasteiger partial charge in [-0.3, -0.25) is 9.20 Å². The van der Waals surface area contributed by atoms with Crippen molar-refractivity contribution < 1.29 is 9.18 Å². The van der Waals surface area contributed by atoms with Gasteiger partial charge in [-0.05, 0) is 29.8 Å². The van der Waals surface area contributed by atoms with E-state index >= 15 is 0 Å². The zero-order valence-electron chi connectivity index (χ0n) is 10.9. The highest BCUT2D eigenvalue weighted by Crippen LogP contribution is 2.17. The van der Waals surface area contributed by atoms with Crippen LogP contribution in [0.4, 0.5) is 4.39 Å². The number of aromatic nitrogens is 2. The first kappa shape index (κ1) is 13.6. The van der Waals surface area contributed by atoms with Crippen molar-refractivity contribution in [3.63, 3.8) is 0 Å². The molecule has 0 aliphatic carbocycles. The number of rotatable bonds is 3. The standard InChI is InChI=1S/C15H11ClFN3O/c16-14-13(20-8-2-1-3-12(20)19-14)15(21)18-9-10-4-6-11(17)7-5-10/h1-8H,9H2,(H,18,21). The third-order valence-corrected chi connectivity index (χ3v) is 3.33. The summed E-state index contributed by atoms with van der Waals surface area (Å²) >= 11 is 6.02. The third-order valence-electron chi connectivity index (χ3n) is 3.07. The molecule has 0 radical (unpaired) electrons. The summed E-state index contributed by atoms with van der Waals surface area (Å²) in [5, 5.41) is 2.90. The highest BCUT2D eigenvalue weighted by molar-refractivity contribution is 6.32. The van der Waals surface area contributed by atoms with Crippen molar-refractivity contribution in [3.05, 3.63) is 70.9 Å². The number of nitrogens with one attached hydrogen (secondary N) is 1. The first-order chi connectivity index (χ1) is 10.1. The molecule has 0 saturated carbocycles. The molecule has 0 aliphatic heterocycles. The molecule has 4 nitrogen and oxygen atoms in total. The van der Waals surface area contributed by atoms with Gasteiger partial charge in [-0.2, -0.15) is 0 Å². The molecule has 0 saturated heterocycles. The number of fused-ring (bicyclic) bond motifs is 1. The molecule has 3 rings (SSSR count). The van der Waals surface area contributed by atoms with Crippen LogP contribution >= 0.6 is 11.6 Å². The second-order valence-corrected chi connectivity index (χ2v) is 4.85. The lowest BCUT2D eigenvalue weighted by Gasteiger charge is -2.05. The molecule has 6 heteroatoms. The van der Waals surface area contributed by atoms with Gasteiger partial charge < -0.3 is 5.32 Å². The summed E-state index contributed by atoms with van der Waals surface area (Å²) in [7, 11) is 0. The monoisotopic (exact) mass is 303 g/mol. The minimum atomic E-state index is -0.331. The molecule has 2 aromatic heterocycles. The van der Waals surface area contributed by atoms with Gasteiger partial charge in [-0.1, -0.05) is 29.8 Å². The molecule has 0 spiro atoms. The fourth-order valence-corrected chi connectivity index (χ4v) is 2.30. The molecule has 0 atom stereocenters. The van der Waals surface area contributed by atoms with Crippen LogP contribution in [0.2, 0.25) is 5.15 Å². The zero-order chi connectivity index (χ0) is 14.8. The van der Waals surface area contributed by atoms with E-state index < -0.39 is 0 Å². The number of carbonyl (C=O) groups is 1. The second kappa shape index (κ2) is 5.54. The smallest absolute Gasteiger partial charge is 0.271 e.